The first-order chi connectivity index (χ1) is 15.7. The molecule has 33 heavy (non-hydrogen) atoms. The van der Waals surface area contributed by atoms with Crippen molar-refractivity contribution < 1.29 is 17.9 Å². The first-order valence-electron chi connectivity index (χ1n) is 10.2. The van der Waals surface area contributed by atoms with Crippen LogP contribution >= 0.6 is 15.9 Å². The first-order valence-corrected chi connectivity index (χ1v) is 12.9. The summed E-state index contributed by atoms with van der Waals surface area (Å²) in [7, 11) is -3.27. The molecular weight excluding hydrogens is 512 g/mol. The largest absolute Gasteiger partial charge is 0.377 e. The number of aryl methyl sites for hydroxylation is 1. The third-order valence-electron chi connectivity index (χ3n) is 5.28. The van der Waals surface area contributed by atoms with Crippen molar-refractivity contribution in [1.29, 1.82) is 0 Å². The van der Waals surface area contributed by atoms with Crippen molar-refractivity contribution in [3.63, 3.8) is 0 Å². The number of imidazole rings is 1. The molecule has 3 aromatic rings. The number of halogens is 1. The Balaban J connectivity index is 1.52. The molecule has 1 aliphatic rings. The number of anilines is 1. The highest BCUT2D eigenvalue weighted by molar-refractivity contribution is 9.10. The van der Waals surface area contributed by atoms with E-state index in [2.05, 4.69) is 36.2 Å². The lowest BCUT2D eigenvalue weighted by atomic mass is 10.2. The number of ether oxygens (including phenoxy) is 1. The van der Waals surface area contributed by atoms with E-state index in [1.165, 1.54) is 12.1 Å². The highest BCUT2D eigenvalue weighted by atomic mass is 79.9. The minimum atomic E-state index is -3.27. The normalized spacial score (nSPS) is 16.6. The number of morpholine rings is 1. The second-order valence-electron chi connectivity index (χ2n) is 7.60. The van der Waals surface area contributed by atoms with Crippen LogP contribution in [0.15, 0.2) is 52.2 Å². The Morgan fingerprint density at radius 3 is 2.70 bits per heavy atom. The molecule has 1 atom stereocenters. The molecule has 2 aromatic heterocycles. The molecule has 1 saturated heterocycles. The summed E-state index contributed by atoms with van der Waals surface area (Å²) in [4.78, 5) is 28.5. The molecule has 0 saturated carbocycles. The van der Waals surface area contributed by atoms with Crippen molar-refractivity contribution in [3.8, 4) is 5.95 Å². The third kappa shape index (κ3) is 5.23. The molecule has 10 nitrogen and oxygen atoms in total. The summed E-state index contributed by atoms with van der Waals surface area (Å²) < 4.78 is 31.3. The maximum absolute atomic E-state index is 13.1. The highest BCUT2D eigenvalue weighted by Gasteiger charge is 2.32. The summed E-state index contributed by atoms with van der Waals surface area (Å²) in [6.45, 7) is 3.29. The maximum atomic E-state index is 13.1. The van der Waals surface area contributed by atoms with Crippen molar-refractivity contribution in [1.82, 2.24) is 24.8 Å². The predicted molar refractivity (Wildman–Crippen MR) is 125 cm³/mol. The fraction of sp³-hybridized carbons (Fsp3) is 0.333. The summed E-state index contributed by atoms with van der Waals surface area (Å²) in [6, 6.07) is 5.85. The van der Waals surface area contributed by atoms with Gasteiger partial charge >= 0.3 is 0 Å². The monoisotopic (exact) mass is 534 g/mol. The zero-order valence-corrected chi connectivity index (χ0v) is 20.5. The number of carbonyl (C=O) groups is 1. The van der Waals surface area contributed by atoms with Crippen LogP contribution in [0.5, 0.6) is 0 Å². The van der Waals surface area contributed by atoms with Gasteiger partial charge in [-0.15, -0.1) is 0 Å². The molecule has 1 aliphatic heterocycles. The van der Waals surface area contributed by atoms with Gasteiger partial charge in [-0.2, -0.15) is 4.98 Å². The van der Waals surface area contributed by atoms with Gasteiger partial charge in [0.25, 0.3) is 0 Å². The quantitative estimate of drug-likeness (QED) is 0.507. The van der Waals surface area contributed by atoms with Gasteiger partial charge in [0.1, 0.15) is 17.7 Å². The molecule has 0 aliphatic carbocycles. The van der Waals surface area contributed by atoms with E-state index in [4.69, 9.17) is 4.74 Å². The number of benzene rings is 1. The molecule has 1 N–H and O–H groups in total. The zero-order valence-electron chi connectivity index (χ0n) is 18.1. The van der Waals surface area contributed by atoms with Gasteiger partial charge in [-0.1, -0.05) is 12.1 Å². The van der Waals surface area contributed by atoms with E-state index in [1.54, 1.807) is 35.3 Å². The number of aromatic nitrogens is 4. The lowest BCUT2D eigenvalue weighted by Gasteiger charge is -2.36. The smallest absolute Gasteiger partial charge is 0.245 e. The van der Waals surface area contributed by atoms with Gasteiger partial charge in [-0.25, -0.2) is 18.4 Å². The molecule has 1 fully saturated rings. The number of hydrogen-bond acceptors (Lipinski definition) is 8. The minimum absolute atomic E-state index is 0.215. The Morgan fingerprint density at radius 2 is 2.03 bits per heavy atom. The minimum Gasteiger partial charge on any atom is -0.377 e. The van der Waals surface area contributed by atoms with Gasteiger partial charge in [0.2, 0.25) is 11.9 Å². The number of nitrogens with one attached hydrogen (secondary N) is 1. The van der Waals surface area contributed by atoms with Crippen LogP contribution in [0.3, 0.4) is 0 Å². The third-order valence-corrected chi connectivity index (χ3v) is 6.96. The predicted octanol–water partition coefficient (Wildman–Crippen LogP) is 1.66. The summed E-state index contributed by atoms with van der Waals surface area (Å²) in [5, 5.41) is 2.91. The van der Waals surface area contributed by atoms with Crippen LogP contribution in [0.1, 0.15) is 11.4 Å². The van der Waals surface area contributed by atoms with Gasteiger partial charge in [0, 0.05) is 37.9 Å². The average Bonchev–Trinajstić information content (AvgIpc) is 3.23. The van der Waals surface area contributed by atoms with E-state index >= 15 is 0 Å². The van der Waals surface area contributed by atoms with Crippen LogP contribution in [0.25, 0.3) is 5.95 Å². The topological polar surface area (TPSA) is 119 Å². The number of carbonyl (C=O) groups excluding carboxylic acids is 1. The number of rotatable bonds is 6. The summed E-state index contributed by atoms with van der Waals surface area (Å²) in [5.74, 6) is 1.59. The van der Waals surface area contributed by atoms with Gasteiger partial charge in [0.05, 0.1) is 22.6 Å². The van der Waals surface area contributed by atoms with Crippen LogP contribution in [-0.4, -0.2) is 65.9 Å². The molecule has 0 radical (unpaired) electrons. The van der Waals surface area contributed by atoms with Crippen molar-refractivity contribution >= 4 is 37.5 Å². The Bertz CT molecular complexity index is 1260. The van der Waals surface area contributed by atoms with Crippen LogP contribution in [0, 0.1) is 6.92 Å². The number of hydrogen-bond donors (Lipinski definition) is 1. The van der Waals surface area contributed by atoms with Crippen LogP contribution in [0.4, 0.5) is 5.82 Å². The Hall–Kier alpha value is -2.83. The molecule has 174 valence electrons. The van der Waals surface area contributed by atoms with Gasteiger partial charge < -0.3 is 15.0 Å². The zero-order chi connectivity index (χ0) is 23.6. The Kier molecular flexibility index (Phi) is 6.77. The van der Waals surface area contributed by atoms with E-state index < -0.39 is 15.9 Å². The molecule has 12 heteroatoms. The second kappa shape index (κ2) is 9.57. The van der Waals surface area contributed by atoms with Gasteiger partial charge in [-0.3, -0.25) is 9.36 Å². The standard InChI is InChI=1S/C21H23BrN6O4S/c1-14-23-7-8-27(14)21-25-12-17(22)19(26-21)28-9-10-32-13-18(28)20(29)24-11-15-3-5-16(6-4-15)33(2,30)31/h3-8,12,18H,9-11,13H2,1-2H3,(H,24,29). The molecule has 1 amide bonds. The molecule has 1 unspecified atom stereocenters. The SMILES string of the molecule is Cc1nccn1-c1ncc(Br)c(N2CCOCC2C(=O)NCc2ccc(S(C)(=O)=O)cc2)n1. The number of amides is 1. The summed E-state index contributed by atoms with van der Waals surface area (Å²) in [5.41, 5.74) is 0.792. The van der Waals surface area contributed by atoms with Crippen LogP contribution < -0.4 is 10.2 Å². The lowest BCUT2D eigenvalue weighted by Crippen LogP contribution is -2.54. The van der Waals surface area contributed by atoms with Gasteiger partial charge in [-0.05, 0) is 40.5 Å². The average molecular weight is 535 g/mol. The molecule has 0 spiro atoms. The summed E-state index contributed by atoms with van der Waals surface area (Å²) in [6.07, 6.45) is 6.27. The number of nitrogens with zero attached hydrogens (tertiary/aromatic N) is 5. The van der Waals surface area contributed by atoms with E-state index in [0.29, 0.717) is 29.4 Å². The first kappa shape index (κ1) is 23.3. The maximum Gasteiger partial charge on any atom is 0.245 e. The van der Waals surface area contributed by atoms with Crippen molar-refractivity contribution in [2.24, 2.45) is 0 Å². The van der Waals surface area contributed by atoms with E-state index in [-0.39, 0.29) is 24.0 Å². The molecule has 4 rings (SSSR count). The van der Waals surface area contributed by atoms with Crippen LogP contribution in [-0.2, 0) is 25.9 Å². The van der Waals surface area contributed by atoms with E-state index in [9.17, 15) is 13.2 Å². The Labute approximate surface area is 200 Å². The summed E-state index contributed by atoms with van der Waals surface area (Å²) >= 11 is 3.51. The highest BCUT2D eigenvalue weighted by Crippen LogP contribution is 2.27. The van der Waals surface area contributed by atoms with Crippen LogP contribution in [0.2, 0.25) is 0 Å². The van der Waals surface area contributed by atoms with Crippen molar-refractivity contribution in [3.05, 3.63) is 58.7 Å². The molecule has 1 aromatic carbocycles. The van der Waals surface area contributed by atoms with E-state index in [1.807, 2.05) is 11.8 Å². The number of sulfone groups is 1. The molecule has 0 bridgehead atoms. The molecular formula is C21H23BrN6O4S. The lowest BCUT2D eigenvalue weighted by molar-refractivity contribution is -0.124. The fourth-order valence-electron chi connectivity index (χ4n) is 3.49. The van der Waals surface area contributed by atoms with Crippen molar-refractivity contribution in [2.45, 2.75) is 24.4 Å². The van der Waals surface area contributed by atoms with Gasteiger partial charge in [0.15, 0.2) is 9.84 Å². The molecule has 3 heterocycles. The second-order valence-corrected chi connectivity index (χ2v) is 10.5. The van der Waals surface area contributed by atoms with Crippen molar-refractivity contribution in [2.75, 3.05) is 30.9 Å². The van der Waals surface area contributed by atoms with E-state index in [0.717, 1.165) is 17.6 Å². The fourth-order valence-corrected chi connectivity index (χ4v) is 4.54. The Morgan fingerprint density at radius 1 is 1.27 bits per heavy atom.